The molecule has 2 aliphatic heterocycles. The van der Waals surface area contributed by atoms with Crippen LogP contribution in [0.2, 0.25) is 0 Å². The molecule has 2 aliphatic rings. The highest BCUT2D eigenvalue weighted by Gasteiger charge is 2.22. The molecule has 0 spiro atoms. The van der Waals surface area contributed by atoms with Crippen molar-refractivity contribution in [2.45, 2.75) is 38.8 Å². The van der Waals surface area contributed by atoms with Crippen LogP contribution in [0.1, 0.15) is 36.1 Å². The second-order valence-electron chi connectivity index (χ2n) is 7.79. The van der Waals surface area contributed by atoms with Crippen molar-refractivity contribution in [2.24, 2.45) is 0 Å². The first-order valence-corrected chi connectivity index (χ1v) is 10.4. The average molecular weight is 387 g/mol. The molecule has 0 aromatic carbocycles. The van der Waals surface area contributed by atoms with Gasteiger partial charge in [0.15, 0.2) is 5.82 Å². The van der Waals surface area contributed by atoms with E-state index in [0.717, 1.165) is 56.2 Å². The van der Waals surface area contributed by atoms with Gasteiger partial charge in [0.25, 0.3) is 0 Å². The van der Waals surface area contributed by atoms with Gasteiger partial charge in [-0.15, -0.1) is 0 Å². The Morgan fingerprint density at radius 2 is 1.79 bits per heavy atom. The van der Waals surface area contributed by atoms with Gasteiger partial charge in [0.2, 0.25) is 0 Å². The number of hydrogen-bond donors (Lipinski definition) is 0. The molecule has 7 nitrogen and oxygen atoms in total. The molecule has 0 N–H and O–H groups in total. The Morgan fingerprint density at radius 3 is 2.66 bits per heavy atom. The molecule has 0 amide bonds. The normalized spacial score (nSPS) is 17.2. The van der Waals surface area contributed by atoms with E-state index in [0.29, 0.717) is 5.82 Å². The summed E-state index contributed by atoms with van der Waals surface area (Å²) in [5, 5.41) is 0. The Kier molecular flexibility index (Phi) is 5.13. The first kappa shape index (κ1) is 18.1. The minimum absolute atomic E-state index is 0.706. The predicted octanol–water partition coefficient (Wildman–Crippen LogP) is 2.88. The van der Waals surface area contributed by atoms with E-state index < -0.39 is 0 Å². The molecular weight excluding hydrogens is 362 g/mol. The summed E-state index contributed by atoms with van der Waals surface area (Å²) in [6.07, 6.45) is 13.7. The molecule has 0 unspecified atom stereocenters. The Morgan fingerprint density at radius 1 is 0.931 bits per heavy atom. The molecular formula is C22H25N7. The molecule has 29 heavy (non-hydrogen) atoms. The van der Waals surface area contributed by atoms with Crippen molar-refractivity contribution in [1.29, 1.82) is 0 Å². The maximum atomic E-state index is 4.78. The van der Waals surface area contributed by atoms with Crippen LogP contribution < -0.4 is 4.90 Å². The van der Waals surface area contributed by atoms with Crippen LogP contribution in [-0.4, -0.2) is 49.5 Å². The fourth-order valence-corrected chi connectivity index (χ4v) is 4.25. The maximum absolute atomic E-state index is 4.78. The number of rotatable bonds is 4. The number of anilines is 1. The van der Waals surface area contributed by atoms with Crippen molar-refractivity contribution in [3.63, 3.8) is 0 Å². The van der Waals surface area contributed by atoms with Crippen LogP contribution in [0.15, 0.2) is 43.2 Å². The van der Waals surface area contributed by atoms with E-state index >= 15 is 0 Å². The van der Waals surface area contributed by atoms with Gasteiger partial charge in [0, 0.05) is 75.1 Å². The fraction of sp³-hybridized carbons (Fsp3) is 0.409. The highest BCUT2D eigenvalue weighted by atomic mass is 15.2. The minimum Gasteiger partial charge on any atom is -0.356 e. The van der Waals surface area contributed by atoms with Gasteiger partial charge in [-0.1, -0.05) is 6.07 Å². The zero-order valence-corrected chi connectivity index (χ0v) is 16.5. The van der Waals surface area contributed by atoms with Crippen molar-refractivity contribution < 1.29 is 0 Å². The molecule has 148 valence electrons. The fourth-order valence-electron chi connectivity index (χ4n) is 4.25. The molecule has 0 atom stereocenters. The van der Waals surface area contributed by atoms with E-state index in [-0.39, 0.29) is 0 Å². The van der Waals surface area contributed by atoms with Crippen LogP contribution in [0, 0.1) is 0 Å². The zero-order valence-electron chi connectivity index (χ0n) is 16.5. The Hall–Kier alpha value is -2.93. The van der Waals surface area contributed by atoms with Gasteiger partial charge < -0.3 is 4.90 Å². The summed E-state index contributed by atoms with van der Waals surface area (Å²) in [5.41, 5.74) is 4.52. The maximum Gasteiger partial charge on any atom is 0.162 e. The van der Waals surface area contributed by atoms with E-state index in [4.69, 9.17) is 9.97 Å². The zero-order chi connectivity index (χ0) is 19.5. The monoisotopic (exact) mass is 387 g/mol. The van der Waals surface area contributed by atoms with E-state index in [1.54, 1.807) is 12.4 Å². The predicted molar refractivity (Wildman–Crippen MR) is 111 cm³/mol. The van der Waals surface area contributed by atoms with Gasteiger partial charge in [0.05, 0.1) is 11.3 Å². The summed E-state index contributed by atoms with van der Waals surface area (Å²) in [6.45, 7) is 5.00. The number of nitrogens with zero attached hydrogens (tertiary/aromatic N) is 7. The van der Waals surface area contributed by atoms with Crippen LogP contribution >= 0.6 is 0 Å². The largest absolute Gasteiger partial charge is 0.356 e. The van der Waals surface area contributed by atoms with Gasteiger partial charge in [0.1, 0.15) is 12.1 Å². The van der Waals surface area contributed by atoms with Crippen molar-refractivity contribution in [3.05, 3.63) is 60.1 Å². The molecule has 0 radical (unpaired) electrons. The van der Waals surface area contributed by atoms with Crippen LogP contribution in [0.3, 0.4) is 0 Å². The molecule has 3 aromatic rings. The average Bonchev–Trinajstić information content (AvgIpc) is 2.80. The van der Waals surface area contributed by atoms with Crippen LogP contribution in [0.4, 0.5) is 5.82 Å². The number of hydrogen-bond acceptors (Lipinski definition) is 7. The smallest absolute Gasteiger partial charge is 0.162 e. The summed E-state index contributed by atoms with van der Waals surface area (Å²) in [6, 6.07) is 4.28. The third-order valence-electron chi connectivity index (χ3n) is 5.75. The highest BCUT2D eigenvalue weighted by Crippen LogP contribution is 2.26. The molecule has 0 aliphatic carbocycles. The molecule has 0 bridgehead atoms. The third kappa shape index (κ3) is 3.96. The SMILES string of the molecule is c1cnc(N2CCCCC2)c(CN2CCc3nc(-c4cncnc4)ncc3C2)c1. The lowest BCUT2D eigenvalue weighted by atomic mass is 10.1. The highest BCUT2D eigenvalue weighted by molar-refractivity contribution is 5.52. The van der Waals surface area contributed by atoms with Gasteiger partial charge in [-0.05, 0) is 25.3 Å². The third-order valence-corrected chi connectivity index (χ3v) is 5.75. The molecule has 1 fully saturated rings. The Balaban J connectivity index is 1.32. The standard InChI is InChI=1S/C22H25N7/c1-2-8-29(9-3-1)22-17(5-4-7-25-22)14-28-10-6-20-19(15-28)13-26-21(27-20)18-11-23-16-24-12-18/h4-5,7,11-13,16H,1-3,6,8-10,14-15H2. The van der Waals surface area contributed by atoms with Crippen LogP contribution in [0.5, 0.6) is 0 Å². The topological polar surface area (TPSA) is 70.9 Å². The molecule has 0 saturated carbocycles. The van der Waals surface area contributed by atoms with Gasteiger partial charge in [-0.25, -0.2) is 24.9 Å². The van der Waals surface area contributed by atoms with Crippen molar-refractivity contribution in [1.82, 2.24) is 29.8 Å². The lowest BCUT2D eigenvalue weighted by Gasteiger charge is -2.32. The van der Waals surface area contributed by atoms with Crippen molar-refractivity contribution in [3.8, 4) is 11.4 Å². The Bertz CT molecular complexity index is 970. The molecule has 5 rings (SSSR count). The van der Waals surface area contributed by atoms with E-state index in [2.05, 4.69) is 36.9 Å². The molecule has 3 aromatic heterocycles. The second-order valence-corrected chi connectivity index (χ2v) is 7.79. The van der Waals surface area contributed by atoms with Crippen molar-refractivity contribution >= 4 is 5.82 Å². The van der Waals surface area contributed by atoms with Crippen molar-refractivity contribution in [2.75, 3.05) is 24.5 Å². The summed E-state index contributed by atoms with van der Waals surface area (Å²) in [4.78, 5) is 27.1. The molecule has 1 saturated heterocycles. The van der Waals surface area contributed by atoms with Crippen LogP contribution in [-0.2, 0) is 19.5 Å². The van der Waals surface area contributed by atoms with Crippen LogP contribution in [0.25, 0.3) is 11.4 Å². The first-order chi connectivity index (χ1) is 14.4. The van der Waals surface area contributed by atoms with E-state index in [1.165, 1.54) is 36.7 Å². The number of pyridine rings is 1. The molecule has 7 heteroatoms. The van der Waals surface area contributed by atoms with Gasteiger partial charge in [-0.3, -0.25) is 4.90 Å². The number of aromatic nitrogens is 5. The van der Waals surface area contributed by atoms with Gasteiger partial charge >= 0.3 is 0 Å². The van der Waals surface area contributed by atoms with E-state index in [1.807, 2.05) is 12.4 Å². The second kappa shape index (κ2) is 8.21. The number of fused-ring (bicyclic) bond motifs is 1. The lowest BCUT2D eigenvalue weighted by molar-refractivity contribution is 0.243. The minimum atomic E-state index is 0.706. The lowest BCUT2D eigenvalue weighted by Crippen LogP contribution is -2.34. The van der Waals surface area contributed by atoms with E-state index in [9.17, 15) is 0 Å². The quantitative estimate of drug-likeness (QED) is 0.682. The number of piperidine rings is 1. The summed E-state index contributed by atoms with van der Waals surface area (Å²) >= 11 is 0. The Labute approximate surface area is 170 Å². The molecule has 5 heterocycles. The first-order valence-electron chi connectivity index (χ1n) is 10.4. The van der Waals surface area contributed by atoms with Gasteiger partial charge in [-0.2, -0.15) is 0 Å². The summed E-state index contributed by atoms with van der Waals surface area (Å²) in [5.74, 6) is 1.87. The summed E-state index contributed by atoms with van der Waals surface area (Å²) < 4.78 is 0. The summed E-state index contributed by atoms with van der Waals surface area (Å²) in [7, 11) is 0.